The van der Waals surface area contributed by atoms with E-state index in [4.69, 9.17) is 4.74 Å². The molecule has 2 nitrogen and oxygen atoms in total. The van der Waals surface area contributed by atoms with Gasteiger partial charge in [-0.15, -0.1) is 0 Å². The lowest BCUT2D eigenvalue weighted by molar-refractivity contribution is -0.302. The second kappa shape index (κ2) is 8.89. The summed E-state index contributed by atoms with van der Waals surface area (Å²) in [6.45, 7) is 14.1. The summed E-state index contributed by atoms with van der Waals surface area (Å²) in [6.07, 6.45) is 0. The van der Waals surface area contributed by atoms with Crippen LogP contribution in [0.4, 0.5) is 43.4 Å². The number of anilines is 3. The molecule has 7 rings (SSSR count). The highest BCUT2D eigenvalue weighted by molar-refractivity contribution is 6.99. The maximum Gasteiger partial charge on any atom is 0.380 e. The predicted molar refractivity (Wildman–Crippen MR) is 167 cm³/mol. The molecule has 4 aromatic carbocycles. The SMILES string of the molecule is Cc1cc2c3c(c1)N(c1ccc4c(c1)C(F)(F)C(F)(F)C4(F)F)c1cc(C(C)(C)C)ccc1B3c1cc(C(C)(C)C)ccc1O2. The third kappa shape index (κ3) is 3.98. The molecule has 2 heterocycles. The first kappa shape index (κ1) is 29.8. The second-order valence-electron chi connectivity index (χ2n) is 14.5. The normalized spacial score (nSPS) is 18.5. The Morgan fingerprint density at radius 1 is 0.622 bits per heavy atom. The van der Waals surface area contributed by atoms with Gasteiger partial charge >= 0.3 is 17.8 Å². The first-order valence-electron chi connectivity index (χ1n) is 14.9. The van der Waals surface area contributed by atoms with Crippen LogP contribution < -0.4 is 26.0 Å². The van der Waals surface area contributed by atoms with Crippen LogP contribution in [0.5, 0.6) is 11.5 Å². The predicted octanol–water partition coefficient (Wildman–Crippen LogP) is 8.83. The van der Waals surface area contributed by atoms with E-state index in [9.17, 15) is 17.6 Å². The van der Waals surface area contributed by atoms with Crippen molar-refractivity contribution in [1.82, 2.24) is 0 Å². The van der Waals surface area contributed by atoms with Gasteiger partial charge in [0.1, 0.15) is 11.5 Å². The van der Waals surface area contributed by atoms with Gasteiger partial charge in [-0.2, -0.15) is 26.3 Å². The topological polar surface area (TPSA) is 12.5 Å². The monoisotopic (exact) mass is 619 g/mol. The first-order chi connectivity index (χ1) is 20.7. The Labute approximate surface area is 259 Å². The number of fused-ring (bicyclic) bond motifs is 5. The highest BCUT2D eigenvalue weighted by atomic mass is 19.3. The number of halogens is 6. The van der Waals surface area contributed by atoms with Crippen LogP contribution >= 0.6 is 0 Å². The van der Waals surface area contributed by atoms with Gasteiger partial charge in [-0.3, -0.25) is 0 Å². The van der Waals surface area contributed by atoms with E-state index in [1.54, 1.807) is 4.90 Å². The Kier molecular flexibility index (Phi) is 5.89. The Bertz CT molecular complexity index is 1920. The Balaban J connectivity index is 1.54. The maximum absolute atomic E-state index is 15.1. The van der Waals surface area contributed by atoms with Crippen LogP contribution in [-0.2, 0) is 22.7 Å². The van der Waals surface area contributed by atoms with Gasteiger partial charge < -0.3 is 9.64 Å². The van der Waals surface area contributed by atoms with E-state index in [1.807, 2.05) is 43.3 Å². The zero-order valence-electron chi connectivity index (χ0n) is 26.1. The molecule has 0 radical (unpaired) electrons. The molecule has 0 atom stereocenters. The summed E-state index contributed by atoms with van der Waals surface area (Å²) in [5, 5.41) is 0. The fourth-order valence-corrected chi connectivity index (χ4v) is 6.83. The molecule has 0 N–H and O–H groups in total. The van der Waals surface area contributed by atoms with Crippen LogP contribution in [0.25, 0.3) is 0 Å². The number of alkyl halides is 6. The number of rotatable bonds is 1. The van der Waals surface area contributed by atoms with Crippen molar-refractivity contribution in [2.24, 2.45) is 0 Å². The van der Waals surface area contributed by atoms with E-state index < -0.39 is 28.9 Å². The number of ether oxygens (including phenoxy) is 1. The molecule has 9 heteroatoms. The van der Waals surface area contributed by atoms with Gasteiger partial charge in [0.25, 0.3) is 6.71 Å². The third-order valence-electron chi connectivity index (χ3n) is 9.38. The molecule has 0 saturated heterocycles. The Hall–Kier alpha value is -3.88. The van der Waals surface area contributed by atoms with Crippen molar-refractivity contribution in [2.45, 2.75) is 77.1 Å². The molecule has 2 aliphatic heterocycles. The van der Waals surface area contributed by atoms with Crippen LogP contribution in [-0.4, -0.2) is 12.6 Å². The van der Waals surface area contributed by atoms with Gasteiger partial charge in [0.15, 0.2) is 0 Å². The average molecular weight is 619 g/mol. The largest absolute Gasteiger partial charge is 0.458 e. The van der Waals surface area contributed by atoms with Crippen LogP contribution in [0, 0.1) is 6.92 Å². The summed E-state index contributed by atoms with van der Waals surface area (Å²) >= 11 is 0. The van der Waals surface area contributed by atoms with Gasteiger partial charge in [0.05, 0.1) is 0 Å². The molecule has 4 aromatic rings. The lowest BCUT2D eigenvalue weighted by Crippen LogP contribution is -2.59. The van der Waals surface area contributed by atoms with Gasteiger partial charge in [-0.05, 0) is 87.2 Å². The molecule has 45 heavy (non-hydrogen) atoms. The molecule has 0 unspecified atom stereocenters. The van der Waals surface area contributed by atoms with E-state index in [-0.39, 0.29) is 23.2 Å². The minimum atomic E-state index is -5.56. The Morgan fingerprint density at radius 3 is 1.91 bits per heavy atom. The minimum Gasteiger partial charge on any atom is -0.458 e. The van der Waals surface area contributed by atoms with Crippen LogP contribution in [0.1, 0.15) is 69.4 Å². The smallest absolute Gasteiger partial charge is 0.380 e. The number of benzene rings is 4. The van der Waals surface area contributed by atoms with Crippen LogP contribution in [0.15, 0.2) is 66.7 Å². The molecule has 0 fully saturated rings. The number of hydrogen-bond donors (Lipinski definition) is 0. The van der Waals surface area contributed by atoms with Crippen molar-refractivity contribution >= 4 is 40.2 Å². The summed E-state index contributed by atoms with van der Waals surface area (Å²) in [5.74, 6) is -14.3. The zero-order chi connectivity index (χ0) is 32.6. The van der Waals surface area contributed by atoms with E-state index in [1.165, 1.54) is 6.07 Å². The van der Waals surface area contributed by atoms with Crippen molar-refractivity contribution in [1.29, 1.82) is 0 Å². The molecular formula is C36H32BF6NO. The van der Waals surface area contributed by atoms with E-state index in [0.717, 1.165) is 39.1 Å². The van der Waals surface area contributed by atoms with Gasteiger partial charge in [-0.25, -0.2) is 0 Å². The fourth-order valence-electron chi connectivity index (χ4n) is 6.83. The van der Waals surface area contributed by atoms with E-state index in [2.05, 4.69) is 53.7 Å². The molecule has 0 saturated carbocycles. The average Bonchev–Trinajstić information content (AvgIpc) is 3.04. The molecule has 0 amide bonds. The molecule has 1 aliphatic carbocycles. The molecule has 232 valence electrons. The summed E-state index contributed by atoms with van der Waals surface area (Å²) in [7, 11) is 0. The second-order valence-corrected chi connectivity index (χ2v) is 14.5. The van der Waals surface area contributed by atoms with E-state index >= 15 is 8.78 Å². The highest BCUT2D eigenvalue weighted by Gasteiger charge is 2.79. The molecule has 0 bridgehead atoms. The van der Waals surface area contributed by atoms with E-state index in [0.29, 0.717) is 28.9 Å². The van der Waals surface area contributed by atoms with Crippen molar-refractivity contribution in [2.75, 3.05) is 4.90 Å². The highest BCUT2D eigenvalue weighted by Crippen LogP contribution is 2.63. The van der Waals surface area contributed by atoms with Gasteiger partial charge in [-0.1, -0.05) is 71.9 Å². The lowest BCUT2D eigenvalue weighted by Gasteiger charge is -2.41. The first-order valence-corrected chi connectivity index (χ1v) is 14.9. The quantitative estimate of drug-likeness (QED) is 0.135. The van der Waals surface area contributed by atoms with Crippen molar-refractivity contribution in [3.05, 3.63) is 94.5 Å². The molecular weight excluding hydrogens is 587 g/mol. The summed E-state index contributed by atoms with van der Waals surface area (Å²) in [4.78, 5) is 1.72. The summed E-state index contributed by atoms with van der Waals surface area (Å²) in [5.41, 5.74) is 3.67. The number of nitrogens with zero attached hydrogens (tertiary/aromatic N) is 1. The molecule has 3 aliphatic rings. The number of aryl methyl sites for hydroxylation is 1. The zero-order valence-corrected chi connectivity index (χ0v) is 26.1. The third-order valence-corrected chi connectivity index (χ3v) is 9.38. The summed E-state index contributed by atoms with van der Waals surface area (Å²) < 4.78 is 94.8. The Morgan fingerprint density at radius 2 is 1.24 bits per heavy atom. The van der Waals surface area contributed by atoms with Crippen molar-refractivity contribution < 1.29 is 31.1 Å². The van der Waals surface area contributed by atoms with Gasteiger partial charge in [0, 0.05) is 28.2 Å². The van der Waals surface area contributed by atoms with Crippen LogP contribution in [0.2, 0.25) is 0 Å². The minimum absolute atomic E-state index is 0.0784. The standard InChI is InChI=1S/C36H32BF6NO/c1-19-14-28-31-30(15-19)45-29-13-9-20(32(2,3)4)16-26(29)37(31)25-12-8-21(33(5,6)7)17-27(25)44(28)22-10-11-23-24(18-22)35(40,41)36(42,43)34(23,38)39/h8-18H,1-7H3. The molecule has 0 spiro atoms. The maximum atomic E-state index is 15.1. The molecule has 0 aromatic heterocycles. The van der Waals surface area contributed by atoms with Crippen molar-refractivity contribution in [3.63, 3.8) is 0 Å². The lowest BCUT2D eigenvalue weighted by atomic mass is 9.34. The van der Waals surface area contributed by atoms with Crippen LogP contribution in [0.3, 0.4) is 0 Å². The summed E-state index contributed by atoms with van der Waals surface area (Å²) in [6, 6.07) is 18.7. The fraction of sp³-hybridized carbons (Fsp3) is 0.333. The number of hydrogen-bond acceptors (Lipinski definition) is 2. The van der Waals surface area contributed by atoms with Crippen molar-refractivity contribution in [3.8, 4) is 11.5 Å². The van der Waals surface area contributed by atoms with Gasteiger partial charge in [0.2, 0.25) is 0 Å².